The first kappa shape index (κ1) is 42.2. The Morgan fingerprint density at radius 2 is 1.05 bits per heavy atom. The van der Waals surface area contributed by atoms with Gasteiger partial charge in [0.1, 0.15) is 5.52 Å². The number of rotatable bonds is 7. The highest BCUT2D eigenvalue weighted by Crippen LogP contribution is 2.58. The van der Waals surface area contributed by atoms with E-state index in [0.29, 0.717) is 23.4 Å². The molecule has 0 radical (unpaired) electrons. The molecule has 1 aliphatic heterocycles. The maximum absolute atomic E-state index is 6.53. The van der Waals surface area contributed by atoms with E-state index in [2.05, 4.69) is 157 Å². The molecular weight excluding hydrogens is 905 g/mol. The second kappa shape index (κ2) is 16.3. The van der Waals surface area contributed by atoms with Gasteiger partial charge in [-0.2, -0.15) is 0 Å². The van der Waals surface area contributed by atoms with Gasteiger partial charge in [-0.15, -0.1) is 0 Å². The summed E-state index contributed by atoms with van der Waals surface area (Å²) in [7, 11) is 0. The van der Waals surface area contributed by atoms with Crippen LogP contribution in [0, 0.1) is 0 Å². The van der Waals surface area contributed by atoms with E-state index in [1.807, 2.05) is 97.1 Å². The van der Waals surface area contributed by atoms with Crippen LogP contribution in [0.3, 0.4) is 0 Å². The molecule has 0 bridgehead atoms. The molecule has 0 fully saturated rings. The average molecular weight is 951 g/mol. The Labute approximate surface area is 428 Å². The Balaban J connectivity index is 0.832. The molecule has 2 aliphatic carbocycles. The molecule has 2 atom stereocenters. The molecule has 2 unspecified atom stereocenters. The first-order chi connectivity index (χ1) is 36.4. The van der Waals surface area contributed by atoms with Crippen LogP contribution in [-0.4, -0.2) is 24.5 Å². The van der Waals surface area contributed by atoms with Crippen LogP contribution in [-0.2, 0) is 5.41 Å². The van der Waals surface area contributed by atoms with E-state index in [9.17, 15) is 0 Å². The van der Waals surface area contributed by atoms with Crippen molar-refractivity contribution in [2.24, 2.45) is 0 Å². The molecule has 7 nitrogen and oxygen atoms in total. The van der Waals surface area contributed by atoms with Crippen molar-refractivity contribution in [2.75, 3.05) is 4.90 Å². The maximum atomic E-state index is 6.53. The number of oxazole rings is 1. The molecule has 12 aromatic rings. The average Bonchev–Trinajstić information content (AvgIpc) is 4.27. The Bertz CT molecular complexity index is 4170. The van der Waals surface area contributed by atoms with E-state index in [1.165, 1.54) is 55.7 Å². The number of para-hydroxylation sites is 3. The van der Waals surface area contributed by atoms with Crippen LogP contribution in [0.25, 0.3) is 102 Å². The van der Waals surface area contributed by atoms with Crippen LogP contribution < -0.4 is 4.90 Å². The smallest absolute Gasteiger partial charge is 0.227 e. The van der Waals surface area contributed by atoms with Gasteiger partial charge in [0, 0.05) is 67.2 Å². The van der Waals surface area contributed by atoms with Gasteiger partial charge < -0.3 is 13.9 Å². The normalized spacial score (nSPS) is 15.7. The zero-order valence-corrected chi connectivity index (χ0v) is 40.7. The molecular formula is C67H46N6O. The van der Waals surface area contributed by atoms with Gasteiger partial charge in [-0.25, -0.2) is 19.9 Å². The van der Waals surface area contributed by atoms with Crippen molar-refractivity contribution >= 4 is 39.5 Å². The molecule has 15 rings (SSSR count). The van der Waals surface area contributed by atoms with Gasteiger partial charge >= 0.3 is 0 Å². The fourth-order valence-electron chi connectivity index (χ4n) is 12.1. The van der Waals surface area contributed by atoms with E-state index in [1.54, 1.807) is 0 Å². The standard InChI is InChI=1S/C67H46N6O/c1-67(2)55-39-45(48-25-16-26-57-62(48)74-66(68-57)44-21-10-5-11-22-44)31-35-49(55)50-36-34-47(40-56(50)67)73-59-28-15-13-24-52(59)54-38-37-53-51-23-12-14-27-58(51)72(60(53)61(54)73)46-32-29-43(30-33-46)65-70-63(41-17-6-3-7-18-41)69-64(71-65)42-19-8-4-9-20-42/h3-40,53,60H,1-2H3. The number of anilines is 2. The lowest BCUT2D eigenvalue weighted by Crippen LogP contribution is -2.26. The zero-order chi connectivity index (χ0) is 49.1. The summed E-state index contributed by atoms with van der Waals surface area (Å²) in [5, 5.41) is 1.24. The SMILES string of the molecule is CC1(C)c2cc(-c3cccc4nc(-c5ccccc5)oc34)ccc2-c2ccc(-n3c4c(c5ccccc53)C=CC3c5ccccc5N(c5ccc(-c6nc(-c7ccccc7)nc(-c7ccccc7)n6)cc5)C43)cc21. The molecule has 3 aliphatic rings. The zero-order valence-electron chi connectivity index (χ0n) is 40.7. The van der Waals surface area contributed by atoms with Gasteiger partial charge in [0.2, 0.25) is 5.89 Å². The minimum absolute atomic E-state index is 0.0283. The Morgan fingerprint density at radius 3 is 1.77 bits per heavy atom. The van der Waals surface area contributed by atoms with Crippen molar-refractivity contribution in [1.82, 2.24) is 24.5 Å². The van der Waals surface area contributed by atoms with Crippen molar-refractivity contribution in [3.8, 4) is 73.6 Å². The first-order valence-electron chi connectivity index (χ1n) is 25.4. The minimum Gasteiger partial charge on any atom is -0.435 e. The lowest BCUT2D eigenvalue weighted by atomic mass is 9.81. The fraction of sp³-hybridized carbons (Fsp3) is 0.0746. The highest BCUT2D eigenvalue weighted by atomic mass is 16.3. The van der Waals surface area contributed by atoms with Crippen molar-refractivity contribution in [3.63, 3.8) is 0 Å². The minimum atomic E-state index is -0.285. The molecule has 0 N–H and O–H groups in total. The summed E-state index contributed by atoms with van der Waals surface area (Å²) in [5.74, 6) is 2.68. The van der Waals surface area contributed by atoms with E-state index in [-0.39, 0.29) is 17.4 Å². The number of fused-ring (bicyclic) bond motifs is 11. The van der Waals surface area contributed by atoms with Gasteiger partial charge in [-0.05, 0) is 106 Å². The maximum Gasteiger partial charge on any atom is 0.227 e. The molecule has 9 aromatic carbocycles. The van der Waals surface area contributed by atoms with Crippen LogP contribution in [0.1, 0.15) is 53.8 Å². The fourth-order valence-corrected chi connectivity index (χ4v) is 12.1. The molecule has 3 aromatic heterocycles. The van der Waals surface area contributed by atoms with Crippen molar-refractivity contribution in [1.29, 1.82) is 0 Å². The van der Waals surface area contributed by atoms with Crippen LogP contribution in [0.2, 0.25) is 0 Å². The second-order valence-corrected chi connectivity index (χ2v) is 20.1. The van der Waals surface area contributed by atoms with E-state index >= 15 is 0 Å². The summed E-state index contributed by atoms with van der Waals surface area (Å²) < 4.78 is 9.08. The van der Waals surface area contributed by atoms with Crippen molar-refractivity contribution < 1.29 is 4.42 Å². The molecule has 0 saturated carbocycles. The van der Waals surface area contributed by atoms with Gasteiger partial charge in [0.05, 0.1) is 17.3 Å². The highest BCUT2D eigenvalue weighted by Gasteiger charge is 2.45. The summed E-state index contributed by atoms with van der Waals surface area (Å²) in [6.45, 7) is 4.74. The third-order valence-electron chi connectivity index (χ3n) is 15.6. The van der Waals surface area contributed by atoms with Crippen LogP contribution >= 0.6 is 0 Å². The molecule has 0 amide bonds. The highest BCUT2D eigenvalue weighted by molar-refractivity contribution is 5.97. The Morgan fingerprint density at radius 1 is 0.473 bits per heavy atom. The van der Waals surface area contributed by atoms with Crippen LogP contribution in [0.4, 0.5) is 11.4 Å². The molecule has 0 saturated heterocycles. The number of hydrogen-bond donors (Lipinski definition) is 0. The quantitative estimate of drug-likeness (QED) is 0.158. The summed E-state index contributed by atoms with van der Waals surface area (Å²) in [6, 6.07) is 77.4. The Hall–Kier alpha value is -9.46. The van der Waals surface area contributed by atoms with Gasteiger partial charge in [0.15, 0.2) is 23.1 Å². The largest absolute Gasteiger partial charge is 0.435 e. The van der Waals surface area contributed by atoms with Crippen molar-refractivity contribution in [2.45, 2.75) is 31.2 Å². The number of hydrogen-bond acceptors (Lipinski definition) is 6. The second-order valence-electron chi connectivity index (χ2n) is 20.1. The van der Waals surface area contributed by atoms with Crippen LogP contribution in [0.5, 0.6) is 0 Å². The third kappa shape index (κ3) is 6.46. The number of aromatic nitrogens is 5. The molecule has 0 spiro atoms. The predicted octanol–water partition coefficient (Wildman–Crippen LogP) is 16.6. The molecule has 4 heterocycles. The summed E-state index contributed by atoms with van der Waals surface area (Å²) in [4.78, 5) is 22.5. The molecule has 350 valence electrons. The van der Waals surface area contributed by atoms with Gasteiger partial charge in [0.25, 0.3) is 0 Å². The molecule has 7 heteroatoms. The summed E-state index contributed by atoms with van der Waals surface area (Å²) in [6.07, 6.45) is 4.81. The van der Waals surface area contributed by atoms with E-state index in [4.69, 9.17) is 24.4 Å². The van der Waals surface area contributed by atoms with E-state index < -0.39 is 0 Å². The van der Waals surface area contributed by atoms with Gasteiger partial charge in [-0.1, -0.05) is 172 Å². The molecule has 74 heavy (non-hydrogen) atoms. The lowest BCUT2D eigenvalue weighted by molar-refractivity contribution is 0.620. The number of nitrogens with zero attached hydrogens (tertiary/aromatic N) is 6. The third-order valence-corrected chi connectivity index (χ3v) is 15.6. The van der Waals surface area contributed by atoms with Gasteiger partial charge in [-0.3, -0.25) is 0 Å². The van der Waals surface area contributed by atoms with Crippen LogP contribution in [0.15, 0.2) is 229 Å². The number of benzene rings is 9. The lowest BCUT2D eigenvalue weighted by Gasteiger charge is -2.33. The summed E-state index contributed by atoms with van der Waals surface area (Å²) >= 11 is 0. The van der Waals surface area contributed by atoms with E-state index in [0.717, 1.165) is 55.9 Å². The first-order valence-corrected chi connectivity index (χ1v) is 25.4. The topological polar surface area (TPSA) is 72.9 Å². The monoisotopic (exact) mass is 950 g/mol. The Kier molecular flexibility index (Phi) is 9.30. The summed E-state index contributed by atoms with van der Waals surface area (Å²) in [5.41, 5.74) is 21.0. The predicted molar refractivity (Wildman–Crippen MR) is 299 cm³/mol. The van der Waals surface area contributed by atoms with Crippen molar-refractivity contribution in [3.05, 3.63) is 252 Å².